The fourth-order valence-electron chi connectivity index (χ4n) is 1.66. The lowest BCUT2D eigenvalue weighted by atomic mass is 10.0. The van der Waals surface area contributed by atoms with Gasteiger partial charge in [-0.2, -0.15) is 0 Å². The van der Waals surface area contributed by atoms with Crippen LogP contribution in [0.3, 0.4) is 0 Å². The van der Waals surface area contributed by atoms with Crippen molar-refractivity contribution < 1.29 is 19.7 Å². The number of hydrogen-bond donors (Lipinski definition) is 2. The van der Waals surface area contributed by atoms with E-state index in [1.807, 2.05) is 0 Å². The summed E-state index contributed by atoms with van der Waals surface area (Å²) in [6.45, 7) is 4.53. The van der Waals surface area contributed by atoms with Crippen molar-refractivity contribution in [2.45, 2.75) is 63.9 Å². The Bertz CT molecular complexity index is 182. The molecule has 1 fully saturated rings. The summed E-state index contributed by atoms with van der Waals surface area (Å²) in [5, 5.41) is 19.2. The summed E-state index contributed by atoms with van der Waals surface area (Å²) in [6.07, 6.45) is 3.60. The summed E-state index contributed by atoms with van der Waals surface area (Å²) < 4.78 is 10.8. The molecule has 0 unspecified atom stereocenters. The highest BCUT2D eigenvalue weighted by atomic mass is 16.7. The molecule has 4 heteroatoms. The fourth-order valence-corrected chi connectivity index (χ4v) is 1.66. The van der Waals surface area contributed by atoms with Crippen molar-refractivity contribution in [3.05, 3.63) is 0 Å². The Kier molecular flexibility index (Phi) is 5.69. The van der Waals surface area contributed by atoms with E-state index in [2.05, 4.69) is 0 Å². The summed E-state index contributed by atoms with van der Waals surface area (Å²) >= 11 is 0. The Morgan fingerprint density at radius 2 is 2.19 bits per heavy atom. The first-order chi connectivity index (χ1) is 7.47. The summed E-state index contributed by atoms with van der Waals surface area (Å²) in [6, 6.07) is 0. The van der Waals surface area contributed by atoms with E-state index in [4.69, 9.17) is 9.47 Å². The van der Waals surface area contributed by atoms with Gasteiger partial charge in [-0.15, -0.1) is 0 Å². The van der Waals surface area contributed by atoms with Crippen LogP contribution >= 0.6 is 0 Å². The lowest BCUT2D eigenvalue weighted by Gasteiger charge is -2.24. The molecule has 0 radical (unpaired) electrons. The van der Waals surface area contributed by atoms with Gasteiger partial charge in [0.25, 0.3) is 0 Å². The fraction of sp³-hybridized carbons (Fsp3) is 1.00. The molecule has 2 N–H and O–H groups in total. The molecule has 1 rings (SSSR count). The van der Waals surface area contributed by atoms with Crippen molar-refractivity contribution in [2.75, 3.05) is 13.2 Å². The normalized spacial score (nSPS) is 24.4. The van der Waals surface area contributed by atoms with Gasteiger partial charge in [-0.3, -0.25) is 0 Å². The molecule has 2 atom stereocenters. The van der Waals surface area contributed by atoms with E-state index >= 15 is 0 Å². The molecular weight excluding hydrogens is 208 g/mol. The highest BCUT2D eigenvalue weighted by Gasteiger charge is 2.18. The number of aliphatic hydroxyl groups is 2. The van der Waals surface area contributed by atoms with Crippen molar-refractivity contribution in [2.24, 2.45) is 0 Å². The summed E-state index contributed by atoms with van der Waals surface area (Å²) in [7, 11) is 0. The highest BCUT2D eigenvalue weighted by Crippen LogP contribution is 2.16. The van der Waals surface area contributed by atoms with Crippen molar-refractivity contribution in [3.8, 4) is 0 Å². The van der Waals surface area contributed by atoms with Gasteiger partial charge in [0, 0.05) is 6.61 Å². The van der Waals surface area contributed by atoms with E-state index in [1.165, 1.54) is 0 Å². The van der Waals surface area contributed by atoms with E-state index < -0.39 is 11.7 Å². The monoisotopic (exact) mass is 232 g/mol. The SMILES string of the molecule is CC(C)(O)CC[C@H](O)CO[C@H]1CCCCO1. The maximum absolute atomic E-state index is 9.65. The van der Waals surface area contributed by atoms with Crippen LogP contribution in [0.25, 0.3) is 0 Å². The first kappa shape index (κ1) is 13.9. The third-order valence-electron chi connectivity index (χ3n) is 2.70. The van der Waals surface area contributed by atoms with E-state index in [1.54, 1.807) is 13.8 Å². The molecular formula is C12H24O4. The summed E-state index contributed by atoms with van der Waals surface area (Å²) in [5.74, 6) is 0. The third kappa shape index (κ3) is 6.43. The molecule has 0 aromatic carbocycles. The predicted octanol–water partition coefficient (Wildman–Crippen LogP) is 1.44. The zero-order chi connectivity index (χ0) is 12.0. The van der Waals surface area contributed by atoms with Gasteiger partial charge in [0.05, 0.1) is 18.3 Å². The number of aliphatic hydroxyl groups excluding tert-OH is 1. The van der Waals surface area contributed by atoms with Crippen LogP contribution in [0.5, 0.6) is 0 Å². The highest BCUT2D eigenvalue weighted by molar-refractivity contribution is 4.68. The van der Waals surface area contributed by atoms with Gasteiger partial charge < -0.3 is 19.7 Å². The standard InChI is InChI=1S/C12H24O4/c1-12(2,14)7-6-10(13)9-16-11-5-3-4-8-15-11/h10-11,13-14H,3-9H2,1-2H3/t10-,11-/m0/s1. The molecule has 1 aliphatic heterocycles. The maximum Gasteiger partial charge on any atom is 0.157 e. The lowest BCUT2D eigenvalue weighted by Crippen LogP contribution is -2.28. The molecule has 1 aliphatic rings. The molecule has 0 spiro atoms. The predicted molar refractivity (Wildman–Crippen MR) is 61.1 cm³/mol. The van der Waals surface area contributed by atoms with Crippen LogP contribution in [0.1, 0.15) is 46.0 Å². The van der Waals surface area contributed by atoms with Crippen molar-refractivity contribution in [3.63, 3.8) is 0 Å². The number of hydrogen-bond acceptors (Lipinski definition) is 4. The second-order valence-electron chi connectivity index (χ2n) is 5.13. The van der Waals surface area contributed by atoms with Crippen LogP contribution in [-0.2, 0) is 9.47 Å². The van der Waals surface area contributed by atoms with Crippen molar-refractivity contribution >= 4 is 0 Å². The largest absolute Gasteiger partial charge is 0.391 e. The topological polar surface area (TPSA) is 58.9 Å². The van der Waals surface area contributed by atoms with Crippen LogP contribution in [0.4, 0.5) is 0 Å². The molecule has 0 aliphatic carbocycles. The lowest BCUT2D eigenvalue weighted by molar-refractivity contribution is -0.176. The average Bonchev–Trinajstić information content (AvgIpc) is 2.24. The molecule has 0 amide bonds. The molecule has 0 saturated carbocycles. The molecule has 96 valence electrons. The van der Waals surface area contributed by atoms with E-state index in [9.17, 15) is 10.2 Å². The average molecular weight is 232 g/mol. The van der Waals surface area contributed by atoms with Crippen LogP contribution < -0.4 is 0 Å². The molecule has 0 aromatic heterocycles. The minimum absolute atomic E-state index is 0.148. The first-order valence-corrected chi connectivity index (χ1v) is 6.11. The van der Waals surface area contributed by atoms with Crippen LogP contribution in [0.2, 0.25) is 0 Å². The van der Waals surface area contributed by atoms with Crippen LogP contribution in [-0.4, -0.2) is 41.4 Å². The van der Waals surface area contributed by atoms with Gasteiger partial charge >= 0.3 is 0 Å². The smallest absolute Gasteiger partial charge is 0.157 e. The second-order valence-corrected chi connectivity index (χ2v) is 5.13. The first-order valence-electron chi connectivity index (χ1n) is 6.11. The quantitative estimate of drug-likeness (QED) is 0.727. The maximum atomic E-state index is 9.65. The van der Waals surface area contributed by atoms with E-state index in [0.717, 1.165) is 25.9 Å². The Morgan fingerprint density at radius 3 is 2.75 bits per heavy atom. The van der Waals surface area contributed by atoms with Gasteiger partial charge in [0.1, 0.15) is 0 Å². The van der Waals surface area contributed by atoms with Gasteiger partial charge in [0.2, 0.25) is 0 Å². The van der Waals surface area contributed by atoms with Gasteiger partial charge in [-0.25, -0.2) is 0 Å². The Balaban J connectivity index is 2.07. The summed E-state index contributed by atoms with van der Waals surface area (Å²) in [5.41, 5.74) is -0.720. The van der Waals surface area contributed by atoms with Gasteiger partial charge in [0.15, 0.2) is 6.29 Å². The zero-order valence-electron chi connectivity index (χ0n) is 10.3. The van der Waals surface area contributed by atoms with Crippen molar-refractivity contribution in [1.29, 1.82) is 0 Å². The Labute approximate surface area is 97.6 Å². The minimum Gasteiger partial charge on any atom is -0.391 e. The van der Waals surface area contributed by atoms with Crippen LogP contribution in [0.15, 0.2) is 0 Å². The molecule has 1 heterocycles. The van der Waals surface area contributed by atoms with E-state index in [-0.39, 0.29) is 6.29 Å². The molecule has 16 heavy (non-hydrogen) atoms. The van der Waals surface area contributed by atoms with Crippen molar-refractivity contribution in [1.82, 2.24) is 0 Å². The number of rotatable bonds is 6. The minimum atomic E-state index is -0.720. The van der Waals surface area contributed by atoms with Crippen LogP contribution in [0, 0.1) is 0 Å². The molecule has 1 saturated heterocycles. The molecule has 4 nitrogen and oxygen atoms in total. The Hall–Kier alpha value is -0.160. The third-order valence-corrected chi connectivity index (χ3v) is 2.70. The van der Waals surface area contributed by atoms with Gasteiger partial charge in [-0.05, 0) is 46.0 Å². The number of ether oxygens (including phenoxy) is 2. The molecule has 0 bridgehead atoms. The Morgan fingerprint density at radius 1 is 1.44 bits per heavy atom. The van der Waals surface area contributed by atoms with E-state index in [0.29, 0.717) is 19.4 Å². The molecule has 0 aromatic rings. The zero-order valence-corrected chi connectivity index (χ0v) is 10.3. The summed E-state index contributed by atoms with van der Waals surface area (Å²) in [4.78, 5) is 0. The van der Waals surface area contributed by atoms with Gasteiger partial charge in [-0.1, -0.05) is 0 Å². The second kappa shape index (κ2) is 6.55.